The van der Waals surface area contributed by atoms with Crippen LogP contribution in [0.4, 0.5) is 0 Å². The van der Waals surface area contributed by atoms with Crippen molar-refractivity contribution in [1.29, 1.82) is 0 Å². The maximum absolute atomic E-state index is 11.5. The summed E-state index contributed by atoms with van der Waals surface area (Å²) in [6.45, 7) is 8.01. The summed E-state index contributed by atoms with van der Waals surface area (Å²) < 4.78 is 0. The van der Waals surface area contributed by atoms with Gasteiger partial charge in [0, 0.05) is 6.54 Å². The van der Waals surface area contributed by atoms with Crippen LogP contribution in [0.25, 0.3) is 0 Å². The number of hydrogen-bond acceptors (Lipinski definition) is 3. The number of hydrogen-bond donors (Lipinski definition) is 3. The Labute approximate surface area is 90.8 Å². The van der Waals surface area contributed by atoms with E-state index >= 15 is 0 Å². The van der Waals surface area contributed by atoms with E-state index in [1.807, 2.05) is 13.8 Å². The van der Waals surface area contributed by atoms with Gasteiger partial charge in [-0.3, -0.25) is 14.9 Å². The lowest BCUT2D eigenvalue weighted by atomic mass is 10.2. The lowest BCUT2D eigenvalue weighted by molar-refractivity contribution is -0.124. The van der Waals surface area contributed by atoms with Gasteiger partial charge in [0.2, 0.25) is 11.8 Å². The molecule has 4 N–H and O–H groups in total. The number of amides is 2. The van der Waals surface area contributed by atoms with Gasteiger partial charge >= 0.3 is 0 Å². The van der Waals surface area contributed by atoms with Crippen LogP contribution in [0, 0.1) is 5.92 Å². The van der Waals surface area contributed by atoms with E-state index in [9.17, 15) is 9.59 Å². The fourth-order valence-electron chi connectivity index (χ4n) is 0.991. The van der Waals surface area contributed by atoms with Gasteiger partial charge in [0.1, 0.15) is 0 Å². The molecule has 2 amide bonds. The molecule has 2 atom stereocenters. The second-order valence-corrected chi connectivity index (χ2v) is 4.15. The molecule has 0 rings (SSSR count). The fraction of sp³-hybridized carbons (Fsp3) is 0.800. The Kier molecular flexibility index (Phi) is 5.93. The minimum Gasteiger partial charge on any atom is -0.368 e. The summed E-state index contributed by atoms with van der Waals surface area (Å²) in [6.07, 6.45) is 0. The van der Waals surface area contributed by atoms with Crippen molar-refractivity contribution in [1.82, 2.24) is 10.6 Å². The Morgan fingerprint density at radius 2 is 1.67 bits per heavy atom. The molecule has 88 valence electrons. The van der Waals surface area contributed by atoms with Crippen molar-refractivity contribution in [3.63, 3.8) is 0 Å². The van der Waals surface area contributed by atoms with Crippen LogP contribution in [0.3, 0.4) is 0 Å². The molecule has 0 saturated heterocycles. The molecule has 0 spiro atoms. The van der Waals surface area contributed by atoms with Crippen LogP contribution in [0.1, 0.15) is 27.7 Å². The Morgan fingerprint density at radius 1 is 1.13 bits per heavy atom. The second kappa shape index (κ2) is 6.40. The van der Waals surface area contributed by atoms with Gasteiger partial charge < -0.3 is 11.1 Å². The summed E-state index contributed by atoms with van der Waals surface area (Å²) in [5, 5.41) is 5.59. The van der Waals surface area contributed by atoms with Crippen LogP contribution < -0.4 is 16.4 Å². The molecule has 0 aromatic rings. The molecule has 0 fully saturated rings. The average molecular weight is 215 g/mol. The highest BCUT2D eigenvalue weighted by molar-refractivity contribution is 5.84. The highest BCUT2D eigenvalue weighted by atomic mass is 16.2. The van der Waals surface area contributed by atoms with Crippen LogP contribution in [0.15, 0.2) is 0 Å². The summed E-state index contributed by atoms with van der Waals surface area (Å²) >= 11 is 0. The van der Waals surface area contributed by atoms with E-state index in [1.165, 1.54) is 0 Å². The Morgan fingerprint density at radius 3 is 2.07 bits per heavy atom. The van der Waals surface area contributed by atoms with Crippen LogP contribution in [0.5, 0.6) is 0 Å². The number of nitrogens with one attached hydrogen (secondary N) is 2. The minimum atomic E-state index is -0.496. The van der Waals surface area contributed by atoms with Crippen molar-refractivity contribution >= 4 is 11.8 Å². The van der Waals surface area contributed by atoms with Crippen molar-refractivity contribution < 1.29 is 9.59 Å². The summed E-state index contributed by atoms with van der Waals surface area (Å²) in [5.41, 5.74) is 5.07. The minimum absolute atomic E-state index is 0.114. The molecule has 0 radical (unpaired) electrons. The first-order chi connectivity index (χ1) is 6.84. The number of primary amides is 1. The largest absolute Gasteiger partial charge is 0.368 e. The molecule has 2 unspecified atom stereocenters. The maximum Gasteiger partial charge on any atom is 0.236 e. The SMILES string of the molecule is CC(C)CNC(=O)C(C)NC(C)C(N)=O. The standard InChI is InChI=1S/C10H21N3O2/c1-6(2)5-12-10(15)8(4)13-7(3)9(11)14/h6-8,13H,5H2,1-4H3,(H2,11,14)(H,12,15). The van der Waals surface area contributed by atoms with E-state index in [4.69, 9.17) is 5.73 Å². The van der Waals surface area contributed by atoms with Gasteiger partial charge in [-0.1, -0.05) is 13.8 Å². The van der Waals surface area contributed by atoms with Gasteiger partial charge in [-0.05, 0) is 19.8 Å². The fourth-order valence-corrected chi connectivity index (χ4v) is 0.991. The summed E-state index contributed by atoms with van der Waals surface area (Å²) in [7, 11) is 0. The molecular formula is C10H21N3O2. The van der Waals surface area contributed by atoms with E-state index in [1.54, 1.807) is 13.8 Å². The van der Waals surface area contributed by atoms with E-state index < -0.39 is 18.0 Å². The molecule has 0 bridgehead atoms. The molecule has 0 aliphatic rings. The predicted octanol–water partition coefficient (Wildman–Crippen LogP) is -0.389. The van der Waals surface area contributed by atoms with Crippen molar-refractivity contribution in [3.05, 3.63) is 0 Å². The van der Waals surface area contributed by atoms with Crippen molar-refractivity contribution in [2.24, 2.45) is 11.7 Å². The molecule has 0 aromatic heterocycles. The Hall–Kier alpha value is -1.10. The Bertz CT molecular complexity index is 229. The molecule has 5 nitrogen and oxygen atoms in total. The van der Waals surface area contributed by atoms with Crippen molar-refractivity contribution in [2.45, 2.75) is 39.8 Å². The molecule has 0 aliphatic heterocycles. The first-order valence-electron chi connectivity index (χ1n) is 5.17. The normalized spacial score (nSPS) is 14.7. The van der Waals surface area contributed by atoms with Crippen LogP contribution in [-0.2, 0) is 9.59 Å². The van der Waals surface area contributed by atoms with Gasteiger partial charge in [0.15, 0.2) is 0 Å². The van der Waals surface area contributed by atoms with Gasteiger partial charge in [-0.15, -0.1) is 0 Å². The number of carbonyl (C=O) groups excluding carboxylic acids is 2. The van der Waals surface area contributed by atoms with E-state index in [0.29, 0.717) is 12.5 Å². The molecule has 0 heterocycles. The molecule has 5 heteroatoms. The zero-order valence-electron chi connectivity index (χ0n) is 9.83. The maximum atomic E-state index is 11.5. The third-order valence-corrected chi connectivity index (χ3v) is 2.00. The highest BCUT2D eigenvalue weighted by Gasteiger charge is 2.17. The number of nitrogens with two attached hydrogens (primary N) is 1. The molecule has 15 heavy (non-hydrogen) atoms. The molecule has 0 aliphatic carbocycles. The smallest absolute Gasteiger partial charge is 0.236 e. The predicted molar refractivity (Wildman–Crippen MR) is 59.1 cm³/mol. The van der Waals surface area contributed by atoms with Crippen molar-refractivity contribution in [2.75, 3.05) is 6.54 Å². The van der Waals surface area contributed by atoms with Gasteiger partial charge in [-0.25, -0.2) is 0 Å². The first-order valence-corrected chi connectivity index (χ1v) is 5.17. The first kappa shape index (κ1) is 13.9. The molecule has 0 saturated carbocycles. The zero-order valence-corrected chi connectivity index (χ0v) is 9.83. The third kappa shape index (κ3) is 6.06. The molecular weight excluding hydrogens is 194 g/mol. The summed E-state index contributed by atoms with van der Waals surface area (Å²) in [5.74, 6) is -0.162. The van der Waals surface area contributed by atoms with E-state index in [0.717, 1.165) is 0 Å². The van der Waals surface area contributed by atoms with E-state index in [-0.39, 0.29) is 5.91 Å². The summed E-state index contributed by atoms with van der Waals surface area (Å²) in [6, 6.07) is -0.906. The number of rotatable bonds is 6. The lowest BCUT2D eigenvalue weighted by Gasteiger charge is -2.17. The monoisotopic (exact) mass is 215 g/mol. The number of carbonyl (C=O) groups is 2. The average Bonchev–Trinajstić information content (AvgIpc) is 2.13. The van der Waals surface area contributed by atoms with Crippen LogP contribution in [0.2, 0.25) is 0 Å². The third-order valence-electron chi connectivity index (χ3n) is 2.00. The van der Waals surface area contributed by atoms with Crippen molar-refractivity contribution in [3.8, 4) is 0 Å². The van der Waals surface area contributed by atoms with E-state index in [2.05, 4.69) is 10.6 Å². The van der Waals surface area contributed by atoms with Crippen LogP contribution >= 0.6 is 0 Å². The van der Waals surface area contributed by atoms with Gasteiger partial charge in [0.25, 0.3) is 0 Å². The van der Waals surface area contributed by atoms with Gasteiger partial charge in [-0.2, -0.15) is 0 Å². The highest BCUT2D eigenvalue weighted by Crippen LogP contribution is 1.90. The van der Waals surface area contributed by atoms with Gasteiger partial charge in [0.05, 0.1) is 12.1 Å². The topological polar surface area (TPSA) is 84.2 Å². The van der Waals surface area contributed by atoms with Crippen LogP contribution in [-0.4, -0.2) is 30.4 Å². The zero-order chi connectivity index (χ0) is 12.0. The summed E-state index contributed by atoms with van der Waals surface area (Å²) in [4.78, 5) is 22.2. The molecule has 0 aromatic carbocycles. The quantitative estimate of drug-likeness (QED) is 0.564. The Balaban J connectivity index is 3.93. The lowest BCUT2D eigenvalue weighted by Crippen LogP contribution is -2.50. The second-order valence-electron chi connectivity index (χ2n) is 4.15.